The van der Waals surface area contributed by atoms with E-state index < -0.39 is 0 Å². The maximum Gasteiger partial charge on any atom is 0.0390 e. The SMILES string of the molecule is N/C(=C\Cc1cccc2c1sc1ccccc12)C1=CC=CCC1. The van der Waals surface area contributed by atoms with Crippen LogP contribution in [0.5, 0.6) is 0 Å². The molecule has 0 spiro atoms. The number of nitrogens with two attached hydrogens (primary N) is 1. The van der Waals surface area contributed by atoms with Crippen molar-refractivity contribution < 1.29 is 0 Å². The van der Waals surface area contributed by atoms with E-state index in [1.54, 1.807) is 0 Å². The molecule has 0 fully saturated rings. The molecule has 0 unspecified atom stereocenters. The molecule has 0 saturated heterocycles. The summed E-state index contributed by atoms with van der Waals surface area (Å²) in [5, 5.41) is 2.71. The van der Waals surface area contributed by atoms with E-state index >= 15 is 0 Å². The molecule has 23 heavy (non-hydrogen) atoms. The van der Waals surface area contributed by atoms with Crippen molar-refractivity contribution >= 4 is 31.5 Å². The molecule has 1 heterocycles. The maximum atomic E-state index is 6.28. The van der Waals surface area contributed by atoms with E-state index in [4.69, 9.17) is 5.73 Å². The molecule has 114 valence electrons. The summed E-state index contributed by atoms with van der Waals surface area (Å²) in [6.45, 7) is 0. The third kappa shape index (κ3) is 2.71. The summed E-state index contributed by atoms with van der Waals surface area (Å²) >= 11 is 1.88. The molecule has 0 atom stereocenters. The van der Waals surface area contributed by atoms with Crippen molar-refractivity contribution in [1.29, 1.82) is 0 Å². The monoisotopic (exact) mass is 317 g/mol. The molecule has 2 heteroatoms. The fourth-order valence-electron chi connectivity index (χ4n) is 3.16. The van der Waals surface area contributed by atoms with Crippen LogP contribution in [0.3, 0.4) is 0 Å². The van der Waals surface area contributed by atoms with Crippen molar-refractivity contribution in [3.05, 3.63) is 83.6 Å². The van der Waals surface area contributed by atoms with E-state index in [1.165, 1.54) is 31.3 Å². The molecule has 0 bridgehead atoms. The van der Waals surface area contributed by atoms with Crippen molar-refractivity contribution in [2.75, 3.05) is 0 Å². The Morgan fingerprint density at radius 1 is 1.09 bits per heavy atom. The fraction of sp³-hybridized carbons (Fsp3) is 0.143. The Labute approximate surface area is 140 Å². The first-order chi connectivity index (χ1) is 11.3. The predicted octanol–water partition coefficient (Wildman–Crippen LogP) is 5.72. The first kappa shape index (κ1) is 14.3. The number of fused-ring (bicyclic) bond motifs is 3. The average Bonchev–Trinajstić information content (AvgIpc) is 3.00. The van der Waals surface area contributed by atoms with E-state index in [2.05, 4.69) is 66.8 Å². The lowest BCUT2D eigenvalue weighted by atomic mass is 10.0. The zero-order chi connectivity index (χ0) is 15.6. The number of benzene rings is 2. The van der Waals surface area contributed by atoms with Gasteiger partial charge in [-0.1, -0.05) is 60.7 Å². The highest BCUT2D eigenvalue weighted by molar-refractivity contribution is 7.26. The predicted molar refractivity (Wildman–Crippen MR) is 102 cm³/mol. The van der Waals surface area contributed by atoms with E-state index in [0.717, 1.165) is 25.0 Å². The van der Waals surface area contributed by atoms with Gasteiger partial charge >= 0.3 is 0 Å². The molecule has 0 radical (unpaired) electrons. The lowest BCUT2D eigenvalue weighted by Gasteiger charge is -2.09. The van der Waals surface area contributed by atoms with E-state index in [9.17, 15) is 0 Å². The standard InChI is InChI=1S/C21H19NS/c22-19(15-7-2-1-3-8-15)14-13-16-9-6-11-18-17-10-4-5-12-20(17)23-21(16)18/h1-2,4-7,9-12,14H,3,8,13,22H2/b19-14-. The summed E-state index contributed by atoms with van der Waals surface area (Å²) in [6, 6.07) is 15.2. The summed E-state index contributed by atoms with van der Waals surface area (Å²) in [4.78, 5) is 0. The maximum absolute atomic E-state index is 6.28. The zero-order valence-electron chi connectivity index (χ0n) is 13.0. The van der Waals surface area contributed by atoms with Gasteiger partial charge in [-0.25, -0.2) is 0 Å². The lowest BCUT2D eigenvalue weighted by molar-refractivity contribution is 0.957. The van der Waals surface area contributed by atoms with Crippen molar-refractivity contribution in [1.82, 2.24) is 0 Å². The second-order valence-corrected chi connectivity index (χ2v) is 6.97. The highest BCUT2D eigenvalue weighted by Crippen LogP contribution is 2.36. The second-order valence-electron chi connectivity index (χ2n) is 5.91. The zero-order valence-corrected chi connectivity index (χ0v) is 13.8. The summed E-state index contributed by atoms with van der Waals surface area (Å²) < 4.78 is 2.74. The quantitative estimate of drug-likeness (QED) is 0.657. The Morgan fingerprint density at radius 2 is 1.96 bits per heavy atom. The van der Waals surface area contributed by atoms with Gasteiger partial charge in [-0.2, -0.15) is 0 Å². The second kappa shape index (κ2) is 6.05. The number of hydrogen-bond donors (Lipinski definition) is 1. The third-order valence-electron chi connectivity index (χ3n) is 4.41. The molecule has 2 N–H and O–H groups in total. The highest BCUT2D eigenvalue weighted by atomic mass is 32.1. The van der Waals surface area contributed by atoms with Gasteiger partial charge in [0.25, 0.3) is 0 Å². The molecule has 0 saturated carbocycles. The largest absolute Gasteiger partial charge is 0.399 e. The third-order valence-corrected chi connectivity index (χ3v) is 5.67. The first-order valence-electron chi connectivity index (χ1n) is 8.04. The molecule has 1 aromatic heterocycles. The van der Waals surface area contributed by atoms with Crippen LogP contribution in [0.1, 0.15) is 18.4 Å². The molecular formula is C21H19NS. The van der Waals surface area contributed by atoms with Crippen LogP contribution in [-0.4, -0.2) is 0 Å². The van der Waals surface area contributed by atoms with Gasteiger partial charge in [0.1, 0.15) is 0 Å². The van der Waals surface area contributed by atoms with Crippen LogP contribution >= 0.6 is 11.3 Å². The van der Waals surface area contributed by atoms with Gasteiger partial charge in [-0.05, 0) is 36.5 Å². The van der Waals surface area contributed by atoms with Crippen molar-refractivity contribution in [3.8, 4) is 0 Å². The average molecular weight is 317 g/mol. The Hall–Kier alpha value is -2.32. The molecule has 1 aliphatic carbocycles. The first-order valence-corrected chi connectivity index (χ1v) is 8.85. The van der Waals surface area contributed by atoms with Crippen LogP contribution in [-0.2, 0) is 6.42 Å². The molecule has 0 amide bonds. The minimum Gasteiger partial charge on any atom is -0.399 e. The molecule has 1 aliphatic rings. The Kier molecular flexibility index (Phi) is 3.76. The summed E-state index contributed by atoms with van der Waals surface area (Å²) in [5.74, 6) is 0. The van der Waals surface area contributed by atoms with Crippen LogP contribution in [0.2, 0.25) is 0 Å². The summed E-state index contributed by atoms with van der Waals surface area (Å²) in [6.07, 6.45) is 11.6. The minimum absolute atomic E-state index is 0.886. The van der Waals surface area contributed by atoms with Crippen LogP contribution in [0.4, 0.5) is 0 Å². The van der Waals surface area contributed by atoms with Crippen LogP contribution < -0.4 is 5.73 Å². The number of hydrogen-bond acceptors (Lipinski definition) is 2. The Morgan fingerprint density at radius 3 is 2.83 bits per heavy atom. The lowest BCUT2D eigenvalue weighted by Crippen LogP contribution is -2.03. The summed E-state index contributed by atoms with van der Waals surface area (Å²) in [5.41, 5.74) is 9.82. The molecule has 4 rings (SSSR count). The number of rotatable bonds is 3. The van der Waals surface area contributed by atoms with Gasteiger partial charge in [-0.3, -0.25) is 0 Å². The van der Waals surface area contributed by atoms with E-state index in [0.29, 0.717) is 0 Å². The number of thiophene rings is 1. The van der Waals surface area contributed by atoms with Gasteiger partial charge in [0, 0.05) is 25.9 Å². The molecule has 1 nitrogen and oxygen atoms in total. The molecule has 0 aliphatic heterocycles. The van der Waals surface area contributed by atoms with Crippen LogP contribution in [0.25, 0.3) is 20.2 Å². The molecule has 3 aromatic rings. The Balaban J connectivity index is 1.72. The van der Waals surface area contributed by atoms with Gasteiger partial charge in [-0.15, -0.1) is 11.3 Å². The smallest absolute Gasteiger partial charge is 0.0390 e. The summed E-state index contributed by atoms with van der Waals surface area (Å²) in [7, 11) is 0. The normalized spacial score (nSPS) is 15.3. The number of allylic oxidation sites excluding steroid dienone is 5. The topological polar surface area (TPSA) is 26.0 Å². The van der Waals surface area contributed by atoms with Gasteiger partial charge in [0.15, 0.2) is 0 Å². The minimum atomic E-state index is 0.886. The van der Waals surface area contributed by atoms with Gasteiger partial charge in [0.05, 0.1) is 0 Å². The van der Waals surface area contributed by atoms with E-state index in [-0.39, 0.29) is 0 Å². The van der Waals surface area contributed by atoms with Crippen molar-refractivity contribution in [2.45, 2.75) is 19.3 Å². The van der Waals surface area contributed by atoms with Crippen molar-refractivity contribution in [3.63, 3.8) is 0 Å². The Bertz CT molecular complexity index is 956. The van der Waals surface area contributed by atoms with Gasteiger partial charge in [0.2, 0.25) is 0 Å². The molecular weight excluding hydrogens is 298 g/mol. The molecule has 2 aromatic carbocycles. The van der Waals surface area contributed by atoms with E-state index in [1.807, 2.05) is 11.3 Å². The van der Waals surface area contributed by atoms with Crippen LogP contribution in [0, 0.1) is 0 Å². The van der Waals surface area contributed by atoms with Crippen LogP contribution in [0.15, 0.2) is 78.0 Å². The highest BCUT2D eigenvalue weighted by Gasteiger charge is 2.08. The van der Waals surface area contributed by atoms with Crippen molar-refractivity contribution in [2.24, 2.45) is 5.73 Å². The fourth-order valence-corrected chi connectivity index (χ4v) is 4.39. The van der Waals surface area contributed by atoms with Gasteiger partial charge < -0.3 is 5.73 Å².